The van der Waals surface area contributed by atoms with E-state index in [2.05, 4.69) is 21.5 Å². The van der Waals surface area contributed by atoms with Gasteiger partial charge < -0.3 is 5.32 Å². The number of hydrogen-bond acceptors (Lipinski definition) is 4. The van der Waals surface area contributed by atoms with E-state index in [1.165, 1.54) is 25.7 Å². The van der Waals surface area contributed by atoms with Crippen molar-refractivity contribution in [2.24, 2.45) is 0 Å². The molecule has 3 nitrogen and oxygen atoms in total. The van der Waals surface area contributed by atoms with Gasteiger partial charge in [0, 0.05) is 11.3 Å². The minimum absolute atomic E-state index is 0.567. The van der Waals surface area contributed by atoms with Crippen molar-refractivity contribution in [3.05, 3.63) is 17.6 Å². The van der Waals surface area contributed by atoms with Crippen molar-refractivity contribution in [3.8, 4) is 0 Å². The summed E-state index contributed by atoms with van der Waals surface area (Å²) in [6.45, 7) is 4.01. The number of anilines is 1. The molecule has 1 N–H and O–H groups in total. The second-order valence-electron chi connectivity index (χ2n) is 4.79. The number of aryl methyl sites for hydroxylation is 2. The molecule has 1 aliphatic carbocycles. The van der Waals surface area contributed by atoms with Crippen LogP contribution < -0.4 is 5.32 Å². The Morgan fingerprint density at radius 2 is 2.12 bits per heavy atom. The molecule has 4 heteroatoms. The van der Waals surface area contributed by atoms with Crippen LogP contribution in [0.25, 0.3) is 0 Å². The van der Waals surface area contributed by atoms with E-state index in [-0.39, 0.29) is 0 Å². The van der Waals surface area contributed by atoms with Crippen molar-refractivity contribution in [1.82, 2.24) is 9.97 Å². The summed E-state index contributed by atoms with van der Waals surface area (Å²) in [5.74, 6) is 0.930. The van der Waals surface area contributed by atoms with Crippen LogP contribution in [0.2, 0.25) is 0 Å². The Balaban J connectivity index is 1.97. The Bertz CT molecular complexity index is 381. The molecule has 1 aromatic rings. The predicted molar refractivity (Wildman–Crippen MR) is 74.7 cm³/mol. The van der Waals surface area contributed by atoms with E-state index in [9.17, 15) is 0 Å². The molecule has 2 atom stereocenters. The average molecular weight is 251 g/mol. The van der Waals surface area contributed by atoms with E-state index in [0.29, 0.717) is 6.04 Å². The summed E-state index contributed by atoms with van der Waals surface area (Å²) in [7, 11) is 0. The van der Waals surface area contributed by atoms with Crippen LogP contribution in [0.1, 0.15) is 37.1 Å². The molecule has 0 aromatic carbocycles. The number of aromatic nitrogens is 2. The van der Waals surface area contributed by atoms with E-state index in [1.807, 2.05) is 31.8 Å². The molecule has 0 bridgehead atoms. The number of thioether (sulfide) groups is 1. The maximum Gasteiger partial charge on any atom is 0.145 e. The molecule has 17 heavy (non-hydrogen) atoms. The number of rotatable bonds is 3. The maximum atomic E-state index is 4.54. The normalized spacial score (nSPS) is 24.6. The first-order valence-corrected chi connectivity index (χ1v) is 7.57. The summed E-state index contributed by atoms with van der Waals surface area (Å²) < 4.78 is 0. The van der Waals surface area contributed by atoms with Crippen LogP contribution in [0.5, 0.6) is 0 Å². The average Bonchev–Trinajstić information content (AvgIpc) is 2.34. The molecule has 1 aromatic heterocycles. The fourth-order valence-corrected chi connectivity index (χ4v) is 3.14. The summed E-state index contributed by atoms with van der Waals surface area (Å²) in [6.07, 6.45) is 9.24. The third kappa shape index (κ3) is 3.35. The molecule has 1 aliphatic rings. The topological polar surface area (TPSA) is 37.8 Å². The van der Waals surface area contributed by atoms with Crippen LogP contribution in [-0.2, 0) is 0 Å². The van der Waals surface area contributed by atoms with Gasteiger partial charge in [0.05, 0.1) is 17.6 Å². The Morgan fingerprint density at radius 3 is 2.82 bits per heavy atom. The summed E-state index contributed by atoms with van der Waals surface area (Å²) in [6, 6.07) is 0.567. The molecule has 1 saturated carbocycles. The summed E-state index contributed by atoms with van der Waals surface area (Å²) in [5, 5.41) is 4.33. The highest BCUT2D eigenvalue weighted by atomic mass is 32.2. The first-order valence-electron chi connectivity index (χ1n) is 6.28. The smallest absolute Gasteiger partial charge is 0.145 e. The van der Waals surface area contributed by atoms with Gasteiger partial charge in [-0.25, -0.2) is 4.98 Å². The highest BCUT2D eigenvalue weighted by molar-refractivity contribution is 7.99. The van der Waals surface area contributed by atoms with Gasteiger partial charge >= 0.3 is 0 Å². The fraction of sp³-hybridized carbons (Fsp3) is 0.692. The number of nitrogens with one attached hydrogen (secondary N) is 1. The Morgan fingerprint density at radius 1 is 1.29 bits per heavy atom. The molecular weight excluding hydrogens is 230 g/mol. The molecule has 2 unspecified atom stereocenters. The molecule has 0 amide bonds. The van der Waals surface area contributed by atoms with E-state index in [0.717, 1.165) is 22.5 Å². The molecule has 94 valence electrons. The molecule has 1 heterocycles. The van der Waals surface area contributed by atoms with E-state index >= 15 is 0 Å². The van der Waals surface area contributed by atoms with Gasteiger partial charge in [-0.2, -0.15) is 11.8 Å². The quantitative estimate of drug-likeness (QED) is 0.895. The first-order chi connectivity index (χ1) is 8.19. The van der Waals surface area contributed by atoms with Crippen molar-refractivity contribution < 1.29 is 0 Å². The third-order valence-corrected chi connectivity index (χ3v) is 4.60. The lowest BCUT2D eigenvalue weighted by Crippen LogP contribution is -2.29. The molecule has 0 saturated heterocycles. The van der Waals surface area contributed by atoms with Gasteiger partial charge in [0.1, 0.15) is 5.82 Å². The van der Waals surface area contributed by atoms with Gasteiger partial charge in [0.15, 0.2) is 0 Å². The largest absolute Gasteiger partial charge is 0.366 e. The van der Waals surface area contributed by atoms with E-state index in [1.54, 1.807) is 0 Å². The zero-order valence-electron chi connectivity index (χ0n) is 10.9. The molecule has 0 spiro atoms. The second kappa shape index (κ2) is 5.71. The molecule has 0 aliphatic heterocycles. The van der Waals surface area contributed by atoms with Crippen molar-refractivity contribution in [2.75, 3.05) is 11.6 Å². The van der Waals surface area contributed by atoms with Crippen LogP contribution >= 0.6 is 11.8 Å². The summed E-state index contributed by atoms with van der Waals surface area (Å²) in [5.41, 5.74) is 2.04. The fourth-order valence-electron chi connectivity index (χ4n) is 2.31. The predicted octanol–water partition coefficient (Wildman–Crippen LogP) is 3.18. The Hall–Kier alpha value is -0.770. The zero-order chi connectivity index (χ0) is 12.3. The molecule has 0 radical (unpaired) electrons. The van der Waals surface area contributed by atoms with Crippen molar-refractivity contribution in [3.63, 3.8) is 0 Å². The van der Waals surface area contributed by atoms with Gasteiger partial charge in [-0.3, -0.25) is 4.98 Å². The minimum atomic E-state index is 0.567. The lowest BCUT2D eigenvalue weighted by atomic mass is 9.95. The van der Waals surface area contributed by atoms with Crippen LogP contribution in [0.15, 0.2) is 6.20 Å². The lowest BCUT2D eigenvalue weighted by Gasteiger charge is -2.29. The van der Waals surface area contributed by atoms with Gasteiger partial charge in [-0.15, -0.1) is 0 Å². The maximum absolute atomic E-state index is 4.54. The third-order valence-electron chi connectivity index (χ3n) is 3.50. The Labute approximate surface area is 108 Å². The molecule has 2 rings (SSSR count). The van der Waals surface area contributed by atoms with Crippen LogP contribution in [0, 0.1) is 13.8 Å². The Kier molecular flexibility index (Phi) is 4.26. The SMILES string of the molecule is CSC1CCCC(Nc2cnc(C)c(C)n2)C1. The van der Waals surface area contributed by atoms with Gasteiger partial charge in [0.25, 0.3) is 0 Å². The number of nitrogens with zero attached hydrogens (tertiary/aromatic N) is 2. The lowest BCUT2D eigenvalue weighted by molar-refractivity contribution is 0.472. The zero-order valence-corrected chi connectivity index (χ0v) is 11.7. The van der Waals surface area contributed by atoms with Gasteiger partial charge in [-0.1, -0.05) is 6.42 Å². The molecule has 1 fully saturated rings. The van der Waals surface area contributed by atoms with Crippen molar-refractivity contribution in [1.29, 1.82) is 0 Å². The van der Waals surface area contributed by atoms with Gasteiger partial charge in [0.2, 0.25) is 0 Å². The van der Waals surface area contributed by atoms with E-state index in [4.69, 9.17) is 0 Å². The molecular formula is C13H21N3S. The summed E-state index contributed by atoms with van der Waals surface area (Å²) in [4.78, 5) is 8.89. The van der Waals surface area contributed by atoms with Crippen molar-refractivity contribution >= 4 is 17.6 Å². The standard InChI is InChI=1S/C13H21N3S/c1-9-10(2)15-13(8-14-9)16-11-5-4-6-12(7-11)17-3/h8,11-12H,4-7H2,1-3H3,(H,15,16). The van der Waals surface area contributed by atoms with Crippen LogP contribution in [-0.4, -0.2) is 27.5 Å². The van der Waals surface area contributed by atoms with Gasteiger partial charge in [-0.05, 0) is 39.4 Å². The monoisotopic (exact) mass is 251 g/mol. The first kappa shape index (κ1) is 12.7. The van der Waals surface area contributed by atoms with E-state index < -0.39 is 0 Å². The summed E-state index contributed by atoms with van der Waals surface area (Å²) >= 11 is 1.99. The minimum Gasteiger partial charge on any atom is -0.366 e. The number of hydrogen-bond donors (Lipinski definition) is 1. The van der Waals surface area contributed by atoms with Crippen LogP contribution in [0.4, 0.5) is 5.82 Å². The van der Waals surface area contributed by atoms with Crippen molar-refractivity contribution in [2.45, 2.75) is 50.8 Å². The highest BCUT2D eigenvalue weighted by Crippen LogP contribution is 2.28. The highest BCUT2D eigenvalue weighted by Gasteiger charge is 2.21. The second-order valence-corrected chi connectivity index (χ2v) is 5.93. The van der Waals surface area contributed by atoms with Crippen LogP contribution in [0.3, 0.4) is 0 Å².